The molecule has 36 heavy (non-hydrogen) atoms. The summed E-state index contributed by atoms with van der Waals surface area (Å²) in [4.78, 5) is 40.7. The molecule has 190 valence electrons. The van der Waals surface area contributed by atoms with Crippen LogP contribution in [-0.4, -0.2) is 83.7 Å². The number of likely N-dealkylation sites (tertiary alicyclic amines) is 1. The highest BCUT2D eigenvalue weighted by molar-refractivity contribution is 5.80. The zero-order valence-corrected chi connectivity index (χ0v) is 21.3. The number of likely N-dealkylation sites (N-methyl/N-ethyl adjacent to an activating group) is 1. The molecule has 10 nitrogen and oxygen atoms in total. The molecular formula is C26H33N7O3. The molecule has 1 aromatic carbocycles. The summed E-state index contributed by atoms with van der Waals surface area (Å²) in [7, 11) is 3.79. The number of ether oxygens (including phenoxy) is 1. The summed E-state index contributed by atoms with van der Waals surface area (Å²) in [6.07, 6.45) is 2.20. The van der Waals surface area contributed by atoms with Crippen molar-refractivity contribution in [3.05, 3.63) is 46.4 Å². The molecule has 0 unspecified atom stereocenters. The van der Waals surface area contributed by atoms with E-state index < -0.39 is 0 Å². The smallest absolute Gasteiger partial charge is 0.252 e. The van der Waals surface area contributed by atoms with Crippen LogP contribution in [0.3, 0.4) is 0 Å². The maximum Gasteiger partial charge on any atom is 0.252 e. The van der Waals surface area contributed by atoms with Crippen LogP contribution in [0.25, 0.3) is 11.0 Å². The Hall–Kier alpha value is -3.66. The minimum absolute atomic E-state index is 0.0970. The molecule has 2 saturated heterocycles. The standard InChI is InChI=1S/C26H33N7O3/c1-5-23(34)32-15-19(16-32)33-24(35)12-17(2)20-14-27-26(29-25(20)33)28-21-7-6-18(13-22(21)36-4)31-10-8-30(3)9-11-31/h6-7,12-14,19H,5,8-11,15-16H2,1-4H3,(H,27,28,29). The van der Waals surface area contributed by atoms with E-state index in [4.69, 9.17) is 9.72 Å². The van der Waals surface area contributed by atoms with Crippen molar-refractivity contribution in [2.75, 3.05) is 63.6 Å². The molecule has 2 aromatic heterocycles. The lowest BCUT2D eigenvalue weighted by Crippen LogP contribution is -2.52. The molecule has 5 rings (SSSR count). The fraction of sp³-hybridized carbons (Fsp3) is 0.462. The van der Waals surface area contributed by atoms with Crippen molar-refractivity contribution in [2.45, 2.75) is 26.3 Å². The van der Waals surface area contributed by atoms with Gasteiger partial charge in [-0.1, -0.05) is 6.92 Å². The van der Waals surface area contributed by atoms with Crippen molar-refractivity contribution in [2.24, 2.45) is 0 Å². The molecule has 3 aromatic rings. The van der Waals surface area contributed by atoms with Gasteiger partial charge in [0, 0.05) is 75.1 Å². The van der Waals surface area contributed by atoms with Crippen LogP contribution in [0.15, 0.2) is 35.3 Å². The van der Waals surface area contributed by atoms with E-state index in [1.807, 2.05) is 26.0 Å². The average molecular weight is 492 g/mol. The number of aryl methyl sites for hydroxylation is 1. The number of rotatable bonds is 6. The molecule has 2 aliphatic rings. The predicted octanol–water partition coefficient (Wildman–Crippen LogP) is 2.40. The number of nitrogens with zero attached hydrogens (tertiary/aromatic N) is 6. The van der Waals surface area contributed by atoms with Gasteiger partial charge in [0.2, 0.25) is 11.9 Å². The number of carbonyl (C=O) groups excluding carboxylic acids is 1. The quantitative estimate of drug-likeness (QED) is 0.562. The summed E-state index contributed by atoms with van der Waals surface area (Å²) < 4.78 is 7.38. The van der Waals surface area contributed by atoms with Gasteiger partial charge in [-0.25, -0.2) is 4.98 Å². The SMILES string of the molecule is CCC(=O)N1CC(n2c(=O)cc(C)c3cnc(Nc4ccc(N5CCN(C)CC5)cc4OC)nc32)C1. The topological polar surface area (TPSA) is 95.8 Å². The van der Waals surface area contributed by atoms with Gasteiger partial charge in [0.05, 0.1) is 18.8 Å². The molecule has 0 spiro atoms. The molecule has 0 bridgehead atoms. The number of hydrogen-bond acceptors (Lipinski definition) is 8. The highest BCUT2D eigenvalue weighted by Gasteiger charge is 2.33. The number of amides is 1. The van der Waals surface area contributed by atoms with Crippen LogP contribution in [0, 0.1) is 6.92 Å². The van der Waals surface area contributed by atoms with Crippen molar-refractivity contribution < 1.29 is 9.53 Å². The van der Waals surface area contributed by atoms with Gasteiger partial charge in [-0.05, 0) is 31.7 Å². The first-order valence-electron chi connectivity index (χ1n) is 12.4. The molecule has 0 atom stereocenters. The van der Waals surface area contributed by atoms with E-state index in [0.29, 0.717) is 36.9 Å². The van der Waals surface area contributed by atoms with Crippen LogP contribution in [-0.2, 0) is 4.79 Å². The van der Waals surface area contributed by atoms with Gasteiger partial charge >= 0.3 is 0 Å². The fourth-order valence-corrected chi connectivity index (χ4v) is 4.90. The minimum atomic E-state index is -0.118. The molecule has 2 fully saturated rings. The van der Waals surface area contributed by atoms with Crippen molar-refractivity contribution >= 4 is 34.3 Å². The first-order valence-corrected chi connectivity index (χ1v) is 12.4. The molecule has 4 heterocycles. The molecule has 2 aliphatic heterocycles. The monoisotopic (exact) mass is 491 g/mol. The van der Waals surface area contributed by atoms with Gasteiger partial charge in [-0.3, -0.25) is 14.2 Å². The van der Waals surface area contributed by atoms with Gasteiger partial charge in [-0.2, -0.15) is 4.98 Å². The summed E-state index contributed by atoms with van der Waals surface area (Å²) in [5, 5.41) is 4.09. The number of benzene rings is 1. The third kappa shape index (κ3) is 4.48. The summed E-state index contributed by atoms with van der Waals surface area (Å²) in [5.74, 6) is 1.18. The largest absolute Gasteiger partial charge is 0.494 e. The van der Waals surface area contributed by atoms with E-state index in [1.165, 1.54) is 0 Å². The molecular weight excluding hydrogens is 458 g/mol. The van der Waals surface area contributed by atoms with Crippen molar-refractivity contribution in [1.82, 2.24) is 24.3 Å². The second-order valence-corrected chi connectivity index (χ2v) is 9.57. The summed E-state index contributed by atoms with van der Waals surface area (Å²) >= 11 is 0. The molecule has 0 aliphatic carbocycles. The first-order chi connectivity index (χ1) is 17.4. The Balaban J connectivity index is 1.44. The lowest BCUT2D eigenvalue weighted by atomic mass is 10.1. The number of aromatic nitrogens is 3. The lowest BCUT2D eigenvalue weighted by molar-refractivity contribution is -0.136. The average Bonchev–Trinajstić information content (AvgIpc) is 2.85. The van der Waals surface area contributed by atoms with Gasteiger partial charge in [0.1, 0.15) is 11.4 Å². The molecule has 0 saturated carbocycles. The Morgan fingerprint density at radius 1 is 1.17 bits per heavy atom. The third-order valence-electron chi connectivity index (χ3n) is 7.18. The molecule has 1 N–H and O–H groups in total. The van der Waals surface area contributed by atoms with Crippen LogP contribution in [0.2, 0.25) is 0 Å². The molecule has 0 radical (unpaired) electrons. The van der Waals surface area contributed by atoms with E-state index >= 15 is 0 Å². The first kappa shape index (κ1) is 24.1. The Labute approximate surface area is 210 Å². The van der Waals surface area contributed by atoms with E-state index in [0.717, 1.165) is 48.5 Å². The van der Waals surface area contributed by atoms with E-state index in [2.05, 4.69) is 33.2 Å². The number of carbonyl (C=O) groups is 1. The van der Waals surface area contributed by atoms with E-state index in [1.54, 1.807) is 28.8 Å². The summed E-state index contributed by atoms with van der Waals surface area (Å²) in [5.41, 5.74) is 3.14. The highest BCUT2D eigenvalue weighted by atomic mass is 16.5. The van der Waals surface area contributed by atoms with Gasteiger partial charge in [-0.15, -0.1) is 0 Å². The van der Waals surface area contributed by atoms with E-state index in [9.17, 15) is 9.59 Å². The third-order valence-corrected chi connectivity index (χ3v) is 7.18. The van der Waals surface area contributed by atoms with Crippen molar-refractivity contribution in [3.63, 3.8) is 0 Å². The second kappa shape index (κ2) is 9.77. The zero-order valence-electron chi connectivity index (χ0n) is 21.3. The molecule has 1 amide bonds. The van der Waals surface area contributed by atoms with Crippen molar-refractivity contribution in [3.8, 4) is 5.75 Å². The minimum Gasteiger partial charge on any atom is -0.494 e. The van der Waals surface area contributed by atoms with Crippen LogP contribution in [0.5, 0.6) is 5.75 Å². The van der Waals surface area contributed by atoms with Gasteiger partial charge < -0.3 is 24.8 Å². The Bertz CT molecular complexity index is 1340. The van der Waals surface area contributed by atoms with Gasteiger partial charge in [0.15, 0.2) is 0 Å². The lowest BCUT2D eigenvalue weighted by Gasteiger charge is -2.40. The number of methoxy groups -OCH3 is 1. The van der Waals surface area contributed by atoms with Crippen molar-refractivity contribution in [1.29, 1.82) is 0 Å². The van der Waals surface area contributed by atoms with Crippen LogP contribution in [0.4, 0.5) is 17.3 Å². The fourth-order valence-electron chi connectivity index (χ4n) is 4.90. The van der Waals surface area contributed by atoms with Gasteiger partial charge in [0.25, 0.3) is 5.56 Å². The maximum atomic E-state index is 13.0. The highest BCUT2D eigenvalue weighted by Crippen LogP contribution is 2.32. The zero-order chi connectivity index (χ0) is 25.4. The summed E-state index contributed by atoms with van der Waals surface area (Å²) in [6, 6.07) is 7.59. The predicted molar refractivity (Wildman–Crippen MR) is 140 cm³/mol. The number of pyridine rings is 1. The second-order valence-electron chi connectivity index (χ2n) is 9.57. The number of hydrogen-bond donors (Lipinski definition) is 1. The molecule has 10 heteroatoms. The summed E-state index contributed by atoms with van der Waals surface area (Å²) in [6.45, 7) is 8.76. The number of anilines is 3. The van der Waals surface area contributed by atoms with Crippen LogP contribution < -0.4 is 20.5 Å². The Morgan fingerprint density at radius 2 is 1.92 bits per heavy atom. The number of piperazine rings is 1. The normalized spacial score (nSPS) is 16.8. The van der Waals surface area contributed by atoms with Crippen LogP contribution in [0.1, 0.15) is 24.9 Å². The Morgan fingerprint density at radius 3 is 2.61 bits per heavy atom. The Kier molecular flexibility index (Phi) is 6.53. The van der Waals surface area contributed by atoms with E-state index in [-0.39, 0.29) is 17.5 Å². The number of nitrogens with one attached hydrogen (secondary N) is 1. The number of fused-ring (bicyclic) bond motifs is 1. The maximum absolute atomic E-state index is 13.0. The van der Waals surface area contributed by atoms with Crippen LogP contribution >= 0.6 is 0 Å².